The van der Waals surface area contributed by atoms with Crippen molar-refractivity contribution in [2.45, 2.75) is 12.1 Å². The van der Waals surface area contributed by atoms with Crippen molar-refractivity contribution in [1.82, 2.24) is 20.1 Å². The third kappa shape index (κ3) is 4.51. The van der Waals surface area contributed by atoms with Gasteiger partial charge in [-0.15, -0.1) is 0 Å². The maximum atomic E-state index is 11.9. The highest BCUT2D eigenvalue weighted by Crippen LogP contribution is 2.40. The summed E-state index contributed by atoms with van der Waals surface area (Å²) in [6.45, 7) is 1.60. The molecule has 1 aliphatic heterocycles. The summed E-state index contributed by atoms with van der Waals surface area (Å²) in [5, 5.41) is 4.11. The molecule has 8 heteroatoms. The number of methoxy groups -OCH3 is 1. The van der Waals surface area contributed by atoms with Gasteiger partial charge in [-0.2, -0.15) is 0 Å². The van der Waals surface area contributed by atoms with Gasteiger partial charge in [0.05, 0.1) is 24.4 Å². The number of nitrogens with zero attached hydrogens (tertiary/aromatic N) is 3. The van der Waals surface area contributed by atoms with Gasteiger partial charge in [0.25, 0.3) is 0 Å². The number of pyridine rings is 1. The summed E-state index contributed by atoms with van der Waals surface area (Å²) < 4.78 is 11.2. The zero-order chi connectivity index (χ0) is 22.7. The summed E-state index contributed by atoms with van der Waals surface area (Å²) in [6.07, 6.45) is 1.78. The van der Waals surface area contributed by atoms with E-state index in [9.17, 15) is 4.79 Å². The Morgan fingerprint density at radius 3 is 2.78 bits per heavy atom. The molecule has 1 aromatic carbocycles. The summed E-state index contributed by atoms with van der Waals surface area (Å²) in [5.74, 6) is 1.08. The Hall–Kier alpha value is -3.23. The zero-order valence-corrected chi connectivity index (χ0v) is 19.1. The summed E-state index contributed by atoms with van der Waals surface area (Å²) in [6, 6.07) is 16.7. The van der Waals surface area contributed by atoms with E-state index >= 15 is 0 Å². The third-order valence-electron chi connectivity index (χ3n) is 5.47. The fourth-order valence-corrected chi connectivity index (χ4v) is 4.18. The molecule has 1 saturated heterocycles. The number of ether oxygens (including phenoxy) is 1. The summed E-state index contributed by atoms with van der Waals surface area (Å²) >= 11 is 5.68. The van der Waals surface area contributed by atoms with Gasteiger partial charge < -0.3 is 24.3 Å². The number of hydrogen-bond acceptors (Lipinski definition) is 6. The van der Waals surface area contributed by atoms with Crippen LogP contribution in [0.3, 0.4) is 0 Å². The molecule has 0 spiro atoms. The normalized spacial score (nSPS) is 18.1. The van der Waals surface area contributed by atoms with Gasteiger partial charge in [0.15, 0.2) is 5.11 Å². The number of rotatable bonds is 7. The number of carbonyl (C=O) groups excluding carboxylic acids is 1. The van der Waals surface area contributed by atoms with Crippen LogP contribution >= 0.6 is 12.2 Å². The molecule has 0 radical (unpaired) electrons. The maximum Gasteiger partial charge on any atom is 0.337 e. The van der Waals surface area contributed by atoms with Gasteiger partial charge in [-0.25, -0.2) is 4.79 Å². The van der Waals surface area contributed by atoms with E-state index in [1.165, 1.54) is 7.11 Å². The van der Waals surface area contributed by atoms with Gasteiger partial charge in [0, 0.05) is 24.8 Å². The van der Waals surface area contributed by atoms with E-state index in [0.29, 0.717) is 16.4 Å². The van der Waals surface area contributed by atoms with Gasteiger partial charge in [-0.05, 0) is 62.7 Å². The maximum absolute atomic E-state index is 11.9. The molecular formula is C24H26N4O3S. The Morgan fingerprint density at radius 1 is 1.22 bits per heavy atom. The van der Waals surface area contributed by atoms with Crippen LogP contribution in [0.4, 0.5) is 0 Å². The topological polar surface area (TPSA) is 70.8 Å². The van der Waals surface area contributed by atoms with E-state index in [1.807, 2.05) is 56.6 Å². The second-order valence-corrected chi connectivity index (χ2v) is 8.28. The molecule has 2 atom stereocenters. The molecule has 0 saturated carbocycles. The fraction of sp³-hybridized carbons (Fsp3) is 0.292. The molecule has 166 valence electrons. The number of esters is 1. The second-order valence-electron chi connectivity index (χ2n) is 7.90. The quantitative estimate of drug-likeness (QED) is 0.432. The summed E-state index contributed by atoms with van der Waals surface area (Å²) in [4.78, 5) is 20.8. The lowest BCUT2D eigenvalue weighted by Gasteiger charge is -2.27. The molecule has 1 fully saturated rings. The van der Waals surface area contributed by atoms with E-state index in [0.717, 1.165) is 30.1 Å². The standard InChI is InChI=1S/C24H26N4O3S/c1-27(2)13-14-28-22(21(26-24(28)32)18-9-4-5-12-25-18)20-11-10-19(31-20)16-7-6-8-17(15-16)23(29)30-3/h4-12,15,21-22H,13-14H2,1-3H3,(H,26,32). The highest BCUT2D eigenvalue weighted by atomic mass is 32.1. The van der Waals surface area contributed by atoms with E-state index in [1.54, 1.807) is 18.3 Å². The second kappa shape index (κ2) is 9.50. The van der Waals surface area contributed by atoms with Crippen molar-refractivity contribution in [2.24, 2.45) is 0 Å². The van der Waals surface area contributed by atoms with E-state index in [2.05, 4.69) is 20.1 Å². The summed E-state index contributed by atoms with van der Waals surface area (Å²) in [5.41, 5.74) is 2.19. The van der Waals surface area contributed by atoms with E-state index in [-0.39, 0.29) is 18.1 Å². The highest BCUT2D eigenvalue weighted by molar-refractivity contribution is 7.80. The first-order chi connectivity index (χ1) is 15.5. The Balaban J connectivity index is 1.69. The molecule has 0 amide bonds. The molecule has 2 aromatic heterocycles. The van der Waals surface area contributed by atoms with Crippen LogP contribution in [0.15, 0.2) is 65.2 Å². The molecule has 2 unspecified atom stereocenters. The lowest BCUT2D eigenvalue weighted by atomic mass is 10.0. The monoisotopic (exact) mass is 450 g/mol. The molecule has 3 aromatic rings. The zero-order valence-electron chi connectivity index (χ0n) is 18.3. The fourth-order valence-electron chi connectivity index (χ4n) is 3.85. The average molecular weight is 451 g/mol. The number of carbonyl (C=O) groups is 1. The first kappa shape index (κ1) is 22.0. The van der Waals surface area contributed by atoms with Crippen molar-refractivity contribution in [3.8, 4) is 11.3 Å². The molecule has 3 heterocycles. The van der Waals surface area contributed by atoms with Gasteiger partial charge in [0.1, 0.15) is 17.6 Å². The molecule has 1 N–H and O–H groups in total. The summed E-state index contributed by atoms with van der Waals surface area (Å²) in [7, 11) is 5.45. The smallest absolute Gasteiger partial charge is 0.337 e. The number of hydrogen-bond donors (Lipinski definition) is 1. The minimum absolute atomic E-state index is 0.133. The van der Waals surface area contributed by atoms with Gasteiger partial charge in [-0.3, -0.25) is 4.98 Å². The minimum Gasteiger partial charge on any atom is -0.465 e. The largest absolute Gasteiger partial charge is 0.465 e. The first-order valence-corrected chi connectivity index (χ1v) is 10.8. The van der Waals surface area contributed by atoms with Crippen molar-refractivity contribution in [1.29, 1.82) is 0 Å². The van der Waals surface area contributed by atoms with Gasteiger partial charge >= 0.3 is 5.97 Å². The molecule has 4 rings (SSSR count). The van der Waals surface area contributed by atoms with Crippen molar-refractivity contribution in [2.75, 3.05) is 34.3 Å². The van der Waals surface area contributed by atoms with Gasteiger partial charge in [0.2, 0.25) is 0 Å². The Labute approximate surface area is 193 Å². The molecule has 0 aliphatic carbocycles. The molecule has 32 heavy (non-hydrogen) atoms. The van der Waals surface area contributed by atoms with E-state index < -0.39 is 0 Å². The number of nitrogens with one attached hydrogen (secondary N) is 1. The number of benzene rings is 1. The van der Waals surface area contributed by atoms with Crippen LogP contribution in [0.25, 0.3) is 11.3 Å². The van der Waals surface area contributed by atoms with Gasteiger partial charge in [-0.1, -0.05) is 18.2 Å². The molecule has 7 nitrogen and oxygen atoms in total. The Bertz CT molecular complexity index is 1100. The Kier molecular flexibility index (Phi) is 6.53. The van der Waals surface area contributed by atoms with Crippen LogP contribution in [-0.2, 0) is 4.74 Å². The van der Waals surface area contributed by atoms with Crippen LogP contribution in [0.5, 0.6) is 0 Å². The van der Waals surface area contributed by atoms with Crippen molar-refractivity contribution < 1.29 is 13.9 Å². The predicted molar refractivity (Wildman–Crippen MR) is 126 cm³/mol. The molecule has 0 bridgehead atoms. The average Bonchev–Trinajstić information content (AvgIpc) is 3.42. The van der Waals surface area contributed by atoms with Crippen LogP contribution in [-0.4, -0.2) is 60.2 Å². The van der Waals surface area contributed by atoms with Crippen LogP contribution < -0.4 is 5.32 Å². The predicted octanol–water partition coefficient (Wildman–Crippen LogP) is 3.66. The number of thiocarbonyl (C=S) groups is 1. The SMILES string of the molecule is COC(=O)c1cccc(-c2ccc(C3C(c4ccccn4)NC(=S)N3CCN(C)C)o2)c1. The number of furan rings is 1. The van der Waals surface area contributed by atoms with E-state index in [4.69, 9.17) is 21.4 Å². The highest BCUT2D eigenvalue weighted by Gasteiger charge is 2.41. The van der Waals surface area contributed by atoms with Crippen molar-refractivity contribution >= 4 is 23.3 Å². The lowest BCUT2D eigenvalue weighted by molar-refractivity contribution is 0.0601. The van der Waals surface area contributed by atoms with Crippen LogP contribution in [0, 0.1) is 0 Å². The number of likely N-dealkylation sites (N-methyl/N-ethyl adjacent to an activating group) is 1. The lowest BCUT2D eigenvalue weighted by Crippen LogP contribution is -2.35. The molecule has 1 aliphatic rings. The Morgan fingerprint density at radius 2 is 2.06 bits per heavy atom. The number of aromatic nitrogens is 1. The molecular weight excluding hydrogens is 424 g/mol. The minimum atomic E-state index is -0.381. The van der Waals surface area contributed by atoms with Crippen LogP contribution in [0.2, 0.25) is 0 Å². The van der Waals surface area contributed by atoms with Crippen molar-refractivity contribution in [3.05, 3.63) is 77.8 Å². The third-order valence-corrected chi connectivity index (χ3v) is 5.82. The van der Waals surface area contributed by atoms with Crippen molar-refractivity contribution in [3.63, 3.8) is 0 Å². The van der Waals surface area contributed by atoms with Crippen LogP contribution in [0.1, 0.15) is 33.9 Å². The first-order valence-electron chi connectivity index (χ1n) is 10.4.